The number of amides is 1. The molecule has 0 saturated carbocycles. The fraction of sp³-hybridized carbons (Fsp3) is 0.0526. The summed E-state index contributed by atoms with van der Waals surface area (Å²) in [6.45, 7) is 0. The maximum Gasteiger partial charge on any atom is 0.259 e. The van der Waals surface area contributed by atoms with Crippen molar-refractivity contribution in [1.29, 1.82) is 0 Å². The largest absolute Gasteiger partial charge is 0.497 e. The predicted octanol–water partition coefficient (Wildman–Crippen LogP) is 4.85. The molecule has 0 aliphatic rings. The monoisotopic (exact) mass is 397 g/mol. The molecule has 0 bridgehead atoms. The lowest BCUT2D eigenvalue weighted by molar-refractivity contribution is 0.102. The Morgan fingerprint density at radius 3 is 2.60 bits per heavy atom. The second-order valence-corrected chi connectivity index (χ2v) is 6.13. The molecular formula is C19H16BrN3O2. The maximum atomic E-state index is 12.6. The Bertz CT molecular complexity index is 882. The first-order valence-electron chi connectivity index (χ1n) is 7.59. The molecule has 25 heavy (non-hydrogen) atoms. The van der Waals surface area contributed by atoms with E-state index >= 15 is 0 Å². The lowest BCUT2D eigenvalue weighted by Gasteiger charge is -2.12. The van der Waals surface area contributed by atoms with Gasteiger partial charge in [-0.05, 0) is 48.5 Å². The molecule has 3 rings (SSSR count). The Morgan fingerprint density at radius 1 is 1.04 bits per heavy atom. The molecular weight excluding hydrogens is 382 g/mol. The molecule has 126 valence electrons. The summed E-state index contributed by atoms with van der Waals surface area (Å²) in [5, 5.41) is 6.03. The van der Waals surface area contributed by atoms with E-state index in [-0.39, 0.29) is 5.91 Å². The number of rotatable bonds is 5. The maximum absolute atomic E-state index is 12.6. The first-order chi connectivity index (χ1) is 12.2. The first kappa shape index (κ1) is 17.0. The van der Waals surface area contributed by atoms with Gasteiger partial charge < -0.3 is 15.4 Å². The van der Waals surface area contributed by atoms with Gasteiger partial charge in [-0.25, -0.2) is 4.98 Å². The number of aromatic nitrogens is 1. The van der Waals surface area contributed by atoms with Crippen molar-refractivity contribution >= 4 is 39.0 Å². The average Bonchev–Trinajstić information content (AvgIpc) is 2.64. The van der Waals surface area contributed by atoms with Crippen LogP contribution in [0.25, 0.3) is 0 Å². The Balaban J connectivity index is 1.82. The minimum atomic E-state index is -0.235. The number of carbonyl (C=O) groups is 1. The van der Waals surface area contributed by atoms with E-state index in [9.17, 15) is 4.79 Å². The Kier molecular flexibility index (Phi) is 5.30. The molecule has 1 aromatic heterocycles. The van der Waals surface area contributed by atoms with Crippen LogP contribution in [0, 0.1) is 0 Å². The van der Waals surface area contributed by atoms with Crippen LogP contribution in [0.4, 0.5) is 17.2 Å². The molecule has 0 aliphatic heterocycles. The number of hydrogen-bond acceptors (Lipinski definition) is 4. The number of nitrogens with zero attached hydrogens (tertiary/aromatic N) is 1. The molecule has 1 amide bonds. The van der Waals surface area contributed by atoms with Gasteiger partial charge in [-0.3, -0.25) is 4.79 Å². The van der Waals surface area contributed by atoms with E-state index in [1.165, 1.54) is 0 Å². The van der Waals surface area contributed by atoms with E-state index < -0.39 is 0 Å². The Morgan fingerprint density at radius 2 is 1.84 bits per heavy atom. The smallest absolute Gasteiger partial charge is 0.259 e. The molecule has 0 saturated heterocycles. The van der Waals surface area contributed by atoms with Gasteiger partial charge >= 0.3 is 0 Å². The molecule has 0 radical (unpaired) electrons. The SMILES string of the molecule is COc1cccc(Nc2ncccc2C(=O)Nc2ccc(Br)cc2)c1. The summed E-state index contributed by atoms with van der Waals surface area (Å²) in [7, 11) is 1.61. The summed E-state index contributed by atoms with van der Waals surface area (Å²) >= 11 is 3.37. The van der Waals surface area contributed by atoms with Gasteiger partial charge in [-0.2, -0.15) is 0 Å². The van der Waals surface area contributed by atoms with Crippen molar-refractivity contribution in [3.8, 4) is 5.75 Å². The van der Waals surface area contributed by atoms with Gasteiger partial charge in [0.05, 0.1) is 12.7 Å². The van der Waals surface area contributed by atoms with Crippen LogP contribution in [0.1, 0.15) is 10.4 Å². The van der Waals surface area contributed by atoms with Gasteiger partial charge in [0.2, 0.25) is 0 Å². The lowest BCUT2D eigenvalue weighted by Crippen LogP contribution is -2.14. The fourth-order valence-electron chi connectivity index (χ4n) is 2.26. The molecule has 2 aromatic carbocycles. The summed E-state index contributed by atoms with van der Waals surface area (Å²) in [5.41, 5.74) is 1.95. The van der Waals surface area contributed by atoms with Gasteiger partial charge in [-0.1, -0.05) is 22.0 Å². The highest BCUT2D eigenvalue weighted by Crippen LogP contribution is 2.23. The van der Waals surface area contributed by atoms with E-state index in [1.54, 1.807) is 25.4 Å². The molecule has 1 heterocycles. The summed E-state index contributed by atoms with van der Waals surface area (Å²) in [5.74, 6) is 0.966. The van der Waals surface area contributed by atoms with Gasteiger partial charge in [0.15, 0.2) is 0 Å². The van der Waals surface area contributed by atoms with Crippen molar-refractivity contribution < 1.29 is 9.53 Å². The zero-order chi connectivity index (χ0) is 17.6. The summed E-state index contributed by atoms with van der Waals surface area (Å²) in [6.07, 6.45) is 1.64. The van der Waals surface area contributed by atoms with Crippen molar-refractivity contribution in [3.05, 3.63) is 76.9 Å². The highest BCUT2D eigenvalue weighted by atomic mass is 79.9. The Labute approximate surface area is 154 Å². The van der Waals surface area contributed by atoms with Crippen LogP contribution in [0.2, 0.25) is 0 Å². The zero-order valence-corrected chi connectivity index (χ0v) is 15.1. The number of halogens is 1. The molecule has 0 atom stereocenters. The summed E-state index contributed by atoms with van der Waals surface area (Å²) < 4.78 is 6.17. The molecule has 3 aromatic rings. The van der Waals surface area contributed by atoms with Crippen molar-refractivity contribution in [2.24, 2.45) is 0 Å². The number of anilines is 3. The molecule has 0 aliphatic carbocycles. The third-order valence-electron chi connectivity index (χ3n) is 3.49. The molecule has 6 heteroatoms. The first-order valence-corrected chi connectivity index (χ1v) is 8.38. The van der Waals surface area contributed by atoms with E-state index in [1.807, 2.05) is 48.5 Å². The average molecular weight is 398 g/mol. The van der Waals surface area contributed by atoms with Crippen LogP contribution in [0.5, 0.6) is 5.75 Å². The number of methoxy groups -OCH3 is 1. The minimum absolute atomic E-state index is 0.235. The van der Waals surface area contributed by atoms with E-state index in [2.05, 4.69) is 31.5 Å². The van der Waals surface area contributed by atoms with Crippen molar-refractivity contribution in [3.63, 3.8) is 0 Å². The minimum Gasteiger partial charge on any atom is -0.497 e. The van der Waals surface area contributed by atoms with Crippen LogP contribution < -0.4 is 15.4 Å². The fourth-order valence-corrected chi connectivity index (χ4v) is 2.52. The Hall–Kier alpha value is -2.86. The highest BCUT2D eigenvalue weighted by molar-refractivity contribution is 9.10. The highest BCUT2D eigenvalue weighted by Gasteiger charge is 2.13. The summed E-state index contributed by atoms with van der Waals surface area (Å²) in [6, 6.07) is 18.3. The van der Waals surface area contributed by atoms with Crippen LogP contribution in [0.3, 0.4) is 0 Å². The van der Waals surface area contributed by atoms with Gasteiger partial charge in [0.25, 0.3) is 5.91 Å². The van der Waals surface area contributed by atoms with E-state index in [0.29, 0.717) is 17.1 Å². The molecule has 0 unspecified atom stereocenters. The number of hydrogen-bond donors (Lipinski definition) is 2. The van der Waals surface area contributed by atoms with Crippen molar-refractivity contribution in [2.45, 2.75) is 0 Å². The van der Waals surface area contributed by atoms with Gasteiger partial charge in [0, 0.05) is 28.1 Å². The quantitative estimate of drug-likeness (QED) is 0.645. The normalized spacial score (nSPS) is 10.2. The standard InChI is InChI=1S/C19H16BrN3O2/c1-25-16-5-2-4-15(12-16)22-18-17(6-3-11-21-18)19(24)23-14-9-7-13(20)8-10-14/h2-12H,1H3,(H,21,22)(H,23,24). The van der Waals surface area contributed by atoms with Crippen LogP contribution >= 0.6 is 15.9 Å². The number of ether oxygens (including phenoxy) is 1. The number of nitrogens with one attached hydrogen (secondary N) is 2. The predicted molar refractivity (Wildman–Crippen MR) is 103 cm³/mol. The van der Waals surface area contributed by atoms with E-state index in [0.717, 1.165) is 15.9 Å². The van der Waals surface area contributed by atoms with Crippen LogP contribution in [-0.4, -0.2) is 18.0 Å². The zero-order valence-electron chi connectivity index (χ0n) is 13.5. The van der Waals surface area contributed by atoms with Crippen molar-refractivity contribution in [1.82, 2.24) is 4.98 Å². The summed E-state index contributed by atoms with van der Waals surface area (Å²) in [4.78, 5) is 16.9. The molecule has 0 fully saturated rings. The molecule has 0 spiro atoms. The van der Waals surface area contributed by atoms with Crippen LogP contribution in [0.15, 0.2) is 71.3 Å². The second-order valence-electron chi connectivity index (χ2n) is 5.22. The third-order valence-corrected chi connectivity index (χ3v) is 4.02. The van der Waals surface area contributed by atoms with Crippen molar-refractivity contribution in [2.75, 3.05) is 17.7 Å². The van der Waals surface area contributed by atoms with Crippen LogP contribution in [-0.2, 0) is 0 Å². The third kappa shape index (κ3) is 4.36. The molecule has 5 nitrogen and oxygen atoms in total. The lowest BCUT2D eigenvalue weighted by atomic mass is 10.2. The van der Waals surface area contributed by atoms with Gasteiger partial charge in [0.1, 0.15) is 11.6 Å². The van der Waals surface area contributed by atoms with E-state index in [4.69, 9.17) is 4.74 Å². The van der Waals surface area contributed by atoms with Gasteiger partial charge in [-0.15, -0.1) is 0 Å². The number of pyridine rings is 1. The number of benzene rings is 2. The molecule has 2 N–H and O–H groups in total. The second kappa shape index (κ2) is 7.81. The topological polar surface area (TPSA) is 63.2 Å². The number of carbonyl (C=O) groups excluding carboxylic acids is 1.